The van der Waals surface area contributed by atoms with Crippen LogP contribution in [0.15, 0.2) is 74.3 Å². The van der Waals surface area contributed by atoms with E-state index in [9.17, 15) is 9.59 Å². The lowest BCUT2D eigenvalue weighted by Crippen LogP contribution is -2.11. The third-order valence-corrected chi connectivity index (χ3v) is 5.12. The number of nitrogens with zero attached hydrogens (tertiary/aromatic N) is 2. The molecule has 0 aliphatic carbocycles. The molecule has 0 atom stereocenters. The lowest BCUT2D eigenvalue weighted by atomic mass is 10.2. The monoisotopic (exact) mass is 413 g/mol. The molecule has 0 aliphatic heterocycles. The van der Waals surface area contributed by atoms with Gasteiger partial charge in [0, 0.05) is 17.4 Å². The molecule has 7 nitrogen and oxygen atoms in total. The molecule has 5 rings (SSSR count). The predicted molar refractivity (Wildman–Crippen MR) is 117 cm³/mol. The van der Waals surface area contributed by atoms with Crippen molar-refractivity contribution in [3.05, 3.63) is 93.6 Å². The van der Waals surface area contributed by atoms with Gasteiger partial charge in [0.2, 0.25) is 5.43 Å². The Bertz CT molecular complexity index is 1510. The second-order valence-electron chi connectivity index (χ2n) is 7.48. The van der Waals surface area contributed by atoms with Crippen LogP contribution in [-0.2, 0) is 6.54 Å². The van der Waals surface area contributed by atoms with Crippen molar-refractivity contribution in [3.63, 3.8) is 0 Å². The number of para-hydroxylation sites is 1. The smallest absolute Gasteiger partial charge is 0.302 e. The minimum Gasteiger partial charge on any atom is -0.425 e. The first-order valence-electron chi connectivity index (χ1n) is 9.85. The number of hydrogen-bond donors (Lipinski definition) is 1. The summed E-state index contributed by atoms with van der Waals surface area (Å²) in [5, 5.41) is 7.98. The Morgan fingerprint density at radius 3 is 2.65 bits per heavy atom. The molecule has 0 saturated carbocycles. The van der Waals surface area contributed by atoms with Crippen LogP contribution >= 0.6 is 0 Å². The largest absolute Gasteiger partial charge is 0.425 e. The maximum absolute atomic E-state index is 12.7. The van der Waals surface area contributed by atoms with Crippen LogP contribution in [0.2, 0.25) is 0 Å². The normalized spacial score (nSPS) is 11.3. The number of hydrogen-bond acceptors (Lipinski definition) is 5. The summed E-state index contributed by atoms with van der Waals surface area (Å²) in [6, 6.07) is 17.9. The molecule has 3 aromatic heterocycles. The first-order valence-corrected chi connectivity index (χ1v) is 9.85. The molecule has 0 bridgehead atoms. The fourth-order valence-electron chi connectivity index (χ4n) is 3.66. The number of nitrogens with one attached hydrogen (secondary N) is 1. The summed E-state index contributed by atoms with van der Waals surface area (Å²) < 4.78 is 13.1. The predicted octanol–water partition coefficient (Wildman–Crippen LogP) is 4.65. The minimum atomic E-state index is -0.460. The summed E-state index contributed by atoms with van der Waals surface area (Å²) in [4.78, 5) is 25.4. The average molecular weight is 413 g/mol. The van der Waals surface area contributed by atoms with Crippen LogP contribution in [0.3, 0.4) is 0 Å². The van der Waals surface area contributed by atoms with Crippen molar-refractivity contribution in [1.82, 2.24) is 9.78 Å². The summed E-state index contributed by atoms with van der Waals surface area (Å²) in [6.07, 6.45) is 0. The van der Waals surface area contributed by atoms with Gasteiger partial charge in [-0.05, 0) is 49.7 Å². The summed E-state index contributed by atoms with van der Waals surface area (Å²) in [5.41, 5.74) is 3.83. The van der Waals surface area contributed by atoms with E-state index in [0.29, 0.717) is 23.2 Å². The summed E-state index contributed by atoms with van der Waals surface area (Å²) in [6.45, 7) is 4.56. The lowest BCUT2D eigenvalue weighted by Gasteiger charge is -2.08. The van der Waals surface area contributed by atoms with Gasteiger partial charge < -0.3 is 14.2 Å². The molecular formula is C24H19N3O4. The highest BCUT2D eigenvalue weighted by molar-refractivity contribution is 6.04. The highest BCUT2D eigenvalue weighted by Gasteiger charge is 2.18. The van der Waals surface area contributed by atoms with Crippen molar-refractivity contribution in [2.75, 3.05) is 5.32 Å². The van der Waals surface area contributed by atoms with Crippen LogP contribution in [0.5, 0.6) is 0 Å². The number of carbonyl (C=O) groups is 1. The first kappa shape index (κ1) is 18.9. The van der Waals surface area contributed by atoms with Crippen LogP contribution < -0.4 is 10.7 Å². The van der Waals surface area contributed by atoms with Crippen LogP contribution in [-0.4, -0.2) is 15.7 Å². The molecule has 3 heterocycles. The number of benzene rings is 2. The van der Waals surface area contributed by atoms with Crippen molar-refractivity contribution in [2.45, 2.75) is 20.4 Å². The zero-order valence-corrected chi connectivity index (χ0v) is 17.0. The highest BCUT2D eigenvalue weighted by Crippen LogP contribution is 2.23. The van der Waals surface area contributed by atoms with Gasteiger partial charge in [0.05, 0.1) is 17.6 Å². The second-order valence-corrected chi connectivity index (χ2v) is 7.48. The van der Waals surface area contributed by atoms with Crippen molar-refractivity contribution >= 4 is 33.7 Å². The van der Waals surface area contributed by atoms with Gasteiger partial charge in [-0.1, -0.05) is 24.3 Å². The van der Waals surface area contributed by atoms with E-state index in [1.54, 1.807) is 30.3 Å². The van der Waals surface area contributed by atoms with Crippen molar-refractivity contribution in [2.24, 2.45) is 0 Å². The fourth-order valence-corrected chi connectivity index (χ4v) is 3.66. The van der Waals surface area contributed by atoms with Gasteiger partial charge in [-0.3, -0.25) is 14.3 Å². The van der Waals surface area contributed by atoms with Crippen molar-refractivity contribution in [1.29, 1.82) is 0 Å². The lowest BCUT2D eigenvalue weighted by molar-refractivity contribution is 0.0997. The molecule has 5 aromatic rings. The molecule has 0 unspecified atom stereocenters. The molecule has 0 aliphatic rings. The van der Waals surface area contributed by atoms with E-state index >= 15 is 0 Å². The number of fused-ring (bicyclic) bond motifs is 2. The number of anilines is 1. The number of furan rings is 1. The Labute approximate surface area is 176 Å². The number of aromatic nitrogens is 2. The summed E-state index contributed by atoms with van der Waals surface area (Å²) in [5.74, 6) is -0.416. The number of aryl methyl sites for hydroxylation is 2. The minimum absolute atomic E-state index is 0.00936. The maximum Gasteiger partial charge on any atom is 0.302 e. The SMILES string of the molecule is Cc1cc(C)n(Cc2cccc(NC(=O)c3cc4c(=O)c5ccccc5oc4o3)c2)n1. The molecule has 154 valence electrons. The quantitative estimate of drug-likeness (QED) is 0.463. The van der Waals surface area contributed by atoms with Crippen LogP contribution in [0.1, 0.15) is 27.5 Å². The Morgan fingerprint density at radius 2 is 1.84 bits per heavy atom. The molecule has 1 N–H and O–H groups in total. The van der Waals surface area contributed by atoms with Crippen LogP contribution in [0.25, 0.3) is 22.1 Å². The molecule has 0 radical (unpaired) electrons. The van der Waals surface area contributed by atoms with Gasteiger partial charge in [0.15, 0.2) is 5.76 Å². The first-order chi connectivity index (χ1) is 15.0. The molecule has 2 aromatic carbocycles. The van der Waals surface area contributed by atoms with Crippen LogP contribution in [0.4, 0.5) is 5.69 Å². The van der Waals surface area contributed by atoms with Crippen LogP contribution in [0, 0.1) is 13.8 Å². The average Bonchev–Trinajstić information content (AvgIpc) is 3.31. The van der Waals surface area contributed by atoms with E-state index < -0.39 is 5.91 Å². The third-order valence-electron chi connectivity index (χ3n) is 5.12. The van der Waals surface area contributed by atoms with E-state index in [1.165, 1.54) is 6.07 Å². The summed E-state index contributed by atoms with van der Waals surface area (Å²) >= 11 is 0. The Hall–Kier alpha value is -4.13. The van der Waals surface area contributed by atoms with Crippen molar-refractivity contribution < 1.29 is 13.6 Å². The van der Waals surface area contributed by atoms with Gasteiger partial charge in [0.25, 0.3) is 5.91 Å². The van der Waals surface area contributed by atoms with Crippen molar-refractivity contribution in [3.8, 4) is 0 Å². The number of rotatable bonds is 4. The van der Waals surface area contributed by atoms with E-state index in [4.69, 9.17) is 8.83 Å². The van der Waals surface area contributed by atoms with E-state index in [2.05, 4.69) is 10.4 Å². The molecule has 7 heteroatoms. The van der Waals surface area contributed by atoms with E-state index in [-0.39, 0.29) is 22.4 Å². The molecule has 0 fully saturated rings. The van der Waals surface area contributed by atoms with Gasteiger partial charge >= 0.3 is 5.78 Å². The molecule has 0 spiro atoms. The third kappa shape index (κ3) is 3.50. The standard InChI is InChI=1S/C24H19N3O4/c1-14-10-15(2)27(26-14)13-16-6-5-7-17(11-16)25-23(29)21-12-19-22(28)18-8-3-4-9-20(18)30-24(19)31-21/h3-12H,13H2,1-2H3,(H,25,29). The second kappa shape index (κ2) is 7.28. The molecular weight excluding hydrogens is 394 g/mol. The van der Waals surface area contributed by atoms with Gasteiger partial charge in [0.1, 0.15) is 11.0 Å². The zero-order valence-electron chi connectivity index (χ0n) is 17.0. The topological polar surface area (TPSA) is 90.3 Å². The highest BCUT2D eigenvalue weighted by atomic mass is 16.5. The van der Waals surface area contributed by atoms with Gasteiger partial charge in [-0.25, -0.2) is 0 Å². The summed E-state index contributed by atoms with van der Waals surface area (Å²) in [7, 11) is 0. The number of carbonyl (C=O) groups excluding carboxylic acids is 1. The fraction of sp³-hybridized carbons (Fsp3) is 0.125. The Balaban J connectivity index is 1.42. The maximum atomic E-state index is 12.7. The molecule has 1 amide bonds. The number of amides is 1. The molecule has 31 heavy (non-hydrogen) atoms. The Kier molecular flexibility index (Phi) is 4.43. The molecule has 0 saturated heterocycles. The van der Waals surface area contributed by atoms with E-state index in [1.807, 2.05) is 42.8 Å². The Morgan fingerprint density at radius 1 is 1.00 bits per heavy atom. The van der Waals surface area contributed by atoms with E-state index in [0.717, 1.165) is 17.0 Å². The van der Waals surface area contributed by atoms with Gasteiger partial charge in [-0.2, -0.15) is 5.10 Å². The zero-order chi connectivity index (χ0) is 21.5. The van der Waals surface area contributed by atoms with Gasteiger partial charge in [-0.15, -0.1) is 0 Å².